The second kappa shape index (κ2) is 6.76. The number of nitrogens with one attached hydrogen (secondary N) is 1. The third-order valence-electron chi connectivity index (χ3n) is 3.25. The van der Waals surface area contributed by atoms with Crippen LogP contribution in [-0.4, -0.2) is 12.0 Å². The molecule has 1 N–H and O–H groups in total. The largest absolute Gasteiger partial charge is 0.481 e. The van der Waals surface area contributed by atoms with Crippen molar-refractivity contribution in [1.29, 1.82) is 0 Å². The van der Waals surface area contributed by atoms with E-state index in [-0.39, 0.29) is 5.91 Å². The highest BCUT2D eigenvalue weighted by molar-refractivity contribution is 9.10. The molecular formula is C17H18BrNO2. The van der Waals surface area contributed by atoms with Crippen LogP contribution in [0.5, 0.6) is 5.75 Å². The smallest absolute Gasteiger partial charge is 0.265 e. The van der Waals surface area contributed by atoms with Gasteiger partial charge in [0.15, 0.2) is 6.10 Å². The summed E-state index contributed by atoms with van der Waals surface area (Å²) in [7, 11) is 0. The van der Waals surface area contributed by atoms with Crippen molar-refractivity contribution >= 4 is 27.5 Å². The molecular weight excluding hydrogens is 330 g/mol. The number of ether oxygens (including phenoxy) is 1. The first-order valence-corrected chi connectivity index (χ1v) is 7.55. The molecule has 0 aliphatic rings. The first kappa shape index (κ1) is 15.6. The minimum Gasteiger partial charge on any atom is -0.481 e. The predicted octanol–water partition coefficient (Wildman–Crippen LogP) is 4.47. The fourth-order valence-corrected chi connectivity index (χ4v) is 2.25. The summed E-state index contributed by atoms with van der Waals surface area (Å²) in [5, 5.41) is 2.83. The van der Waals surface area contributed by atoms with Crippen molar-refractivity contribution in [2.45, 2.75) is 26.9 Å². The molecule has 0 aromatic heterocycles. The molecule has 2 rings (SSSR count). The third kappa shape index (κ3) is 4.33. The maximum atomic E-state index is 12.1. The van der Waals surface area contributed by atoms with Gasteiger partial charge in [-0.05, 0) is 62.2 Å². The topological polar surface area (TPSA) is 38.3 Å². The Morgan fingerprint density at radius 3 is 2.57 bits per heavy atom. The molecule has 2 aromatic rings. The lowest BCUT2D eigenvalue weighted by atomic mass is 10.1. The van der Waals surface area contributed by atoms with Crippen molar-refractivity contribution in [2.24, 2.45) is 0 Å². The maximum Gasteiger partial charge on any atom is 0.265 e. The van der Waals surface area contributed by atoms with Crippen LogP contribution in [0.4, 0.5) is 5.69 Å². The fraction of sp³-hybridized carbons (Fsp3) is 0.235. The van der Waals surface area contributed by atoms with E-state index in [1.807, 2.05) is 56.3 Å². The number of rotatable bonds is 4. The van der Waals surface area contributed by atoms with E-state index in [0.717, 1.165) is 15.7 Å². The van der Waals surface area contributed by atoms with Gasteiger partial charge in [-0.2, -0.15) is 0 Å². The Morgan fingerprint density at radius 2 is 1.90 bits per heavy atom. The Bertz CT molecular complexity index is 655. The molecule has 21 heavy (non-hydrogen) atoms. The summed E-state index contributed by atoms with van der Waals surface area (Å²) in [5.74, 6) is 0.529. The zero-order valence-electron chi connectivity index (χ0n) is 12.3. The molecule has 1 amide bonds. The minimum atomic E-state index is -0.564. The molecule has 2 aromatic carbocycles. The molecule has 0 saturated carbocycles. The van der Waals surface area contributed by atoms with Gasteiger partial charge in [0.1, 0.15) is 5.75 Å². The number of hydrogen-bond acceptors (Lipinski definition) is 2. The van der Waals surface area contributed by atoms with Gasteiger partial charge in [0.25, 0.3) is 5.91 Å². The van der Waals surface area contributed by atoms with Crippen LogP contribution in [0.15, 0.2) is 46.9 Å². The normalized spacial score (nSPS) is 11.8. The van der Waals surface area contributed by atoms with E-state index >= 15 is 0 Å². The molecule has 0 aliphatic carbocycles. The van der Waals surface area contributed by atoms with Crippen molar-refractivity contribution in [2.75, 3.05) is 5.32 Å². The molecule has 0 fully saturated rings. The fourth-order valence-electron chi connectivity index (χ4n) is 1.85. The molecule has 0 aliphatic heterocycles. The molecule has 1 atom stereocenters. The van der Waals surface area contributed by atoms with Crippen molar-refractivity contribution in [1.82, 2.24) is 0 Å². The average Bonchev–Trinajstić information content (AvgIpc) is 2.43. The summed E-state index contributed by atoms with van der Waals surface area (Å²) >= 11 is 3.38. The maximum absolute atomic E-state index is 12.1. The van der Waals surface area contributed by atoms with Crippen LogP contribution in [0.2, 0.25) is 0 Å². The quantitative estimate of drug-likeness (QED) is 0.885. The first-order valence-electron chi connectivity index (χ1n) is 6.76. The predicted molar refractivity (Wildman–Crippen MR) is 88.8 cm³/mol. The molecule has 0 bridgehead atoms. The summed E-state index contributed by atoms with van der Waals surface area (Å²) in [4.78, 5) is 12.1. The van der Waals surface area contributed by atoms with Crippen LogP contribution in [0, 0.1) is 13.8 Å². The van der Waals surface area contributed by atoms with Crippen molar-refractivity contribution in [3.05, 3.63) is 58.1 Å². The second-order valence-corrected chi connectivity index (χ2v) is 5.92. The van der Waals surface area contributed by atoms with E-state index in [1.165, 1.54) is 5.56 Å². The molecule has 0 spiro atoms. The van der Waals surface area contributed by atoms with Gasteiger partial charge in [-0.3, -0.25) is 4.79 Å². The number of benzene rings is 2. The zero-order chi connectivity index (χ0) is 15.4. The molecule has 3 nitrogen and oxygen atoms in total. The van der Waals surface area contributed by atoms with Gasteiger partial charge >= 0.3 is 0 Å². The average molecular weight is 348 g/mol. The summed E-state index contributed by atoms with van der Waals surface area (Å²) in [6, 6.07) is 13.3. The summed E-state index contributed by atoms with van der Waals surface area (Å²) in [6.07, 6.45) is -0.564. The van der Waals surface area contributed by atoms with Crippen LogP contribution < -0.4 is 10.1 Å². The number of carbonyl (C=O) groups is 1. The Balaban J connectivity index is 2.00. The molecule has 4 heteroatoms. The summed E-state index contributed by atoms with van der Waals surface area (Å²) in [6.45, 7) is 5.81. The summed E-state index contributed by atoms with van der Waals surface area (Å²) < 4.78 is 6.61. The highest BCUT2D eigenvalue weighted by Crippen LogP contribution is 2.19. The third-order valence-corrected chi connectivity index (χ3v) is 3.75. The van der Waals surface area contributed by atoms with Crippen molar-refractivity contribution < 1.29 is 9.53 Å². The Hall–Kier alpha value is -1.81. The lowest BCUT2D eigenvalue weighted by Gasteiger charge is -2.15. The van der Waals surface area contributed by atoms with Gasteiger partial charge in [-0.25, -0.2) is 0 Å². The van der Waals surface area contributed by atoms with Gasteiger partial charge in [0, 0.05) is 10.2 Å². The van der Waals surface area contributed by atoms with Gasteiger partial charge in [0.2, 0.25) is 0 Å². The van der Waals surface area contributed by atoms with E-state index in [4.69, 9.17) is 4.74 Å². The van der Waals surface area contributed by atoms with Crippen molar-refractivity contribution in [3.63, 3.8) is 0 Å². The molecule has 0 heterocycles. The highest BCUT2D eigenvalue weighted by Gasteiger charge is 2.15. The zero-order valence-corrected chi connectivity index (χ0v) is 13.9. The standard InChI is InChI=1S/C17H18BrNO2/c1-11-7-8-16(9-12(11)2)21-13(3)17(20)19-15-6-4-5-14(18)10-15/h4-10,13H,1-3H3,(H,19,20)/t13-/m0/s1. The van der Waals surface area contributed by atoms with E-state index in [2.05, 4.69) is 21.2 Å². The number of carbonyl (C=O) groups excluding carboxylic acids is 1. The highest BCUT2D eigenvalue weighted by atomic mass is 79.9. The number of amides is 1. The second-order valence-electron chi connectivity index (χ2n) is 5.01. The summed E-state index contributed by atoms with van der Waals surface area (Å²) in [5.41, 5.74) is 3.09. The van der Waals surface area contributed by atoms with Crippen LogP contribution >= 0.6 is 15.9 Å². The van der Waals surface area contributed by atoms with E-state index < -0.39 is 6.10 Å². The van der Waals surface area contributed by atoms with Crippen LogP contribution in [0.25, 0.3) is 0 Å². The van der Waals surface area contributed by atoms with E-state index in [1.54, 1.807) is 6.92 Å². The number of aryl methyl sites for hydroxylation is 2. The van der Waals surface area contributed by atoms with Crippen LogP contribution in [0.3, 0.4) is 0 Å². The lowest BCUT2D eigenvalue weighted by molar-refractivity contribution is -0.122. The Labute approximate surface area is 133 Å². The van der Waals surface area contributed by atoms with Crippen LogP contribution in [0.1, 0.15) is 18.1 Å². The molecule has 0 radical (unpaired) electrons. The monoisotopic (exact) mass is 347 g/mol. The SMILES string of the molecule is Cc1ccc(O[C@@H](C)C(=O)Nc2cccc(Br)c2)cc1C. The molecule has 110 valence electrons. The number of anilines is 1. The van der Waals surface area contributed by atoms with Crippen LogP contribution in [-0.2, 0) is 4.79 Å². The molecule has 0 saturated heterocycles. The minimum absolute atomic E-state index is 0.175. The molecule has 0 unspecified atom stereocenters. The van der Waals surface area contributed by atoms with Gasteiger partial charge in [-0.1, -0.05) is 28.1 Å². The van der Waals surface area contributed by atoms with E-state index in [9.17, 15) is 4.79 Å². The van der Waals surface area contributed by atoms with E-state index in [0.29, 0.717) is 5.75 Å². The number of hydrogen-bond donors (Lipinski definition) is 1. The van der Waals surface area contributed by atoms with Gasteiger partial charge in [0.05, 0.1) is 0 Å². The van der Waals surface area contributed by atoms with Gasteiger partial charge < -0.3 is 10.1 Å². The van der Waals surface area contributed by atoms with Gasteiger partial charge in [-0.15, -0.1) is 0 Å². The first-order chi connectivity index (χ1) is 9.95. The number of halogens is 1. The van der Waals surface area contributed by atoms with Crippen molar-refractivity contribution in [3.8, 4) is 5.75 Å². The lowest BCUT2D eigenvalue weighted by Crippen LogP contribution is -2.30. The Kier molecular flexibility index (Phi) is 5.02. The Morgan fingerprint density at radius 1 is 1.14 bits per heavy atom.